The minimum absolute atomic E-state index is 0.292. The zero-order valence-corrected chi connectivity index (χ0v) is 12.6. The summed E-state index contributed by atoms with van der Waals surface area (Å²) < 4.78 is 26.9. The summed E-state index contributed by atoms with van der Waals surface area (Å²) in [5.41, 5.74) is 2.73. The van der Waals surface area contributed by atoms with Crippen LogP contribution < -0.4 is 0 Å². The molecule has 0 N–H and O–H groups in total. The van der Waals surface area contributed by atoms with Crippen molar-refractivity contribution in [3.63, 3.8) is 0 Å². The third-order valence-electron chi connectivity index (χ3n) is 2.89. The van der Waals surface area contributed by atoms with E-state index in [2.05, 4.69) is 15.9 Å². The van der Waals surface area contributed by atoms with Gasteiger partial charge in [0.1, 0.15) is 0 Å². The fourth-order valence-corrected chi connectivity index (χ4v) is 2.90. The summed E-state index contributed by atoms with van der Waals surface area (Å²) in [7, 11) is 0. The van der Waals surface area contributed by atoms with Gasteiger partial charge in [0.15, 0.2) is 11.6 Å². The van der Waals surface area contributed by atoms with Gasteiger partial charge in [-0.15, -0.1) is 11.6 Å². The van der Waals surface area contributed by atoms with Crippen molar-refractivity contribution in [2.24, 2.45) is 0 Å². The summed E-state index contributed by atoms with van der Waals surface area (Å²) >= 11 is 9.82. The Morgan fingerprint density at radius 2 is 1.84 bits per heavy atom. The Morgan fingerprint density at radius 3 is 2.53 bits per heavy atom. The first-order chi connectivity index (χ1) is 8.97. The molecule has 100 valence electrons. The number of aryl methyl sites for hydroxylation is 1. The van der Waals surface area contributed by atoms with E-state index in [0.29, 0.717) is 12.0 Å². The van der Waals surface area contributed by atoms with Crippen molar-refractivity contribution >= 4 is 27.5 Å². The number of hydrogen-bond donors (Lipinski definition) is 0. The molecule has 19 heavy (non-hydrogen) atoms. The summed E-state index contributed by atoms with van der Waals surface area (Å²) in [4.78, 5) is 0. The second-order valence-corrected chi connectivity index (χ2v) is 5.83. The van der Waals surface area contributed by atoms with Gasteiger partial charge in [0, 0.05) is 4.47 Å². The average molecular weight is 346 g/mol. The van der Waals surface area contributed by atoms with Crippen molar-refractivity contribution in [1.29, 1.82) is 0 Å². The van der Waals surface area contributed by atoms with Gasteiger partial charge in [-0.2, -0.15) is 0 Å². The van der Waals surface area contributed by atoms with E-state index in [1.165, 1.54) is 6.07 Å². The molecule has 2 rings (SSSR count). The topological polar surface area (TPSA) is 0 Å². The van der Waals surface area contributed by atoms with Gasteiger partial charge in [0.05, 0.1) is 5.38 Å². The zero-order chi connectivity index (χ0) is 14.0. The molecule has 0 amide bonds. The van der Waals surface area contributed by atoms with Crippen LogP contribution in [-0.4, -0.2) is 0 Å². The van der Waals surface area contributed by atoms with E-state index in [1.807, 2.05) is 25.1 Å². The lowest BCUT2D eigenvalue weighted by atomic mass is 10.0. The van der Waals surface area contributed by atoms with Crippen LogP contribution in [0.25, 0.3) is 0 Å². The van der Waals surface area contributed by atoms with Crippen LogP contribution in [0.5, 0.6) is 0 Å². The molecular weight excluding hydrogens is 334 g/mol. The molecular formula is C15H12BrClF2. The normalized spacial score (nSPS) is 12.5. The highest BCUT2D eigenvalue weighted by Gasteiger charge is 2.14. The molecule has 0 heterocycles. The van der Waals surface area contributed by atoms with E-state index in [9.17, 15) is 8.78 Å². The Morgan fingerprint density at radius 1 is 1.11 bits per heavy atom. The predicted octanol–water partition coefficient (Wildman–Crippen LogP) is 5.56. The lowest BCUT2D eigenvalue weighted by Crippen LogP contribution is -1.99. The van der Waals surface area contributed by atoms with Gasteiger partial charge >= 0.3 is 0 Å². The van der Waals surface area contributed by atoms with Gasteiger partial charge in [-0.1, -0.05) is 39.7 Å². The molecule has 2 aromatic rings. The Kier molecular flexibility index (Phi) is 4.58. The van der Waals surface area contributed by atoms with E-state index < -0.39 is 11.6 Å². The maximum Gasteiger partial charge on any atom is 0.159 e. The maximum absolute atomic E-state index is 13.1. The Labute approximate surface area is 124 Å². The van der Waals surface area contributed by atoms with Crippen LogP contribution >= 0.6 is 27.5 Å². The molecule has 0 bridgehead atoms. The Bertz CT molecular complexity index is 599. The number of hydrogen-bond acceptors (Lipinski definition) is 0. The summed E-state index contributed by atoms with van der Waals surface area (Å²) in [6.07, 6.45) is 0.445. The summed E-state index contributed by atoms with van der Waals surface area (Å²) in [5.74, 6) is -1.68. The highest BCUT2D eigenvalue weighted by atomic mass is 79.9. The lowest BCUT2D eigenvalue weighted by Gasteiger charge is -2.13. The number of rotatable bonds is 3. The molecule has 1 unspecified atom stereocenters. The highest BCUT2D eigenvalue weighted by molar-refractivity contribution is 9.10. The fourth-order valence-electron chi connectivity index (χ4n) is 1.89. The SMILES string of the molecule is Cc1ccc(Br)c(C(Cl)Cc2ccc(F)c(F)c2)c1. The van der Waals surface area contributed by atoms with Gasteiger partial charge < -0.3 is 0 Å². The minimum Gasteiger partial charge on any atom is -0.204 e. The summed E-state index contributed by atoms with van der Waals surface area (Å²) in [6.45, 7) is 1.98. The molecule has 0 nitrogen and oxygen atoms in total. The third-order valence-corrected chi connectivity index (χ3v) is 4.00. The summed E-state index contributed by atoms with van der Waals surface area (Å²) in [6, 6.07) is 9.77. The predicted molar refractivity (Wildman–Crippen MR) is 77.5 cm³/mol. The first kappa shape index (κ1) is 14.5. The molecule has 0 radical (unpaired) electrons. The lowest BCUT2D eigenvalue weighted by molar-refractivity contribution is 0.507. The standard InChI is InChI=1S/C15H12BrClF2/c1-9-2-4-12(16)11(6-9)13(17)7-10-3-5-14(18)15(19)8-10/h2-6,8,13H,7H2,1H3. The number of alkyl halides is 1. The van der Waals surface area contributed by atoms with Crippen molar-refractivity contribution in [3.8, 4) is 0 Å². The molecule has 0 aliphatic carbocycles. The van der Waals surface area contributed by atoms with Crippen LogP contribution in [-0.2, 0) is 6.42 Å². The zero-order valence-electron chi connectivity index (χ0n) is 10.3. The van der Waals surface area contributed by atoms with Crippen LogP contribution in [0.4, 0.5) is 8.78 Å². The highest BCUT2D eigenvalue weighted by Crippen LogP contribution is 2.32. The number of halogens is 4. The van der Waals surface area contributed by atoms with E-state index in [4.69, 9.17) is 11.6 Å². The molecule has 0 aliphatic heterocycles. The maximum atomic E-state index is 13.1. The van der Waals surface area contributed by atoms with Gasteiger partial charge in [-0.3, -0.25) is 0 Å². The third kappa shape index (κ3) is 3.54. The molecule has 1 atom stereocenters. The van der Waals surface area contributed by atoms with Crippen LogP contribution in [0.1, 0.15) is 22.1 Å². The smallest absolute Gasteiger partial charge is 0.159 e. The molecule has 0 aromatic heterocycles. The second-order valence-electron chi connectivity index (χ2n) is 4.45. The molecule has 0 spiro atoms. The number of benzene rings is 2. The summed E-state index contributed by atoms with van der Waals surface area (Å²) in [5, 5.41) is -0.292. The van der Waals surface area contributed by atoms with Crippen molar-refractivity contribution in [2.75, 3.05) is 0 Å². The van der Waals surface area contributed by atoms with Gasteiger partial charge in [-0.05, 0) is 42.7 Å². The molecule has 4 heteroatoms. The van der Waals surface area contributed by atoms with Crippen molar-refractivity contribution in [2.45, 2.75) is 18.7 Å². The van der Waals surface area contributed by atoms with Crippen molar-refractivity contribution in [1.82, 2.24) is 0 Å². The Balaban J connectivity index is 2.22. The molecule has 0 saturated carbocycles. The molecule has 0 aliphatic rings. The largest absolute Gasteiger partial charge is 0.204 e. The Hall–Kier alpha value is -0.930. The van der Waals surface area contributed by atoms with Gasteiger partial charge in [0.2, 0.25) is 0 Å². The van der Waals surface area contributed by atoms with Crippen LogP contribution in [0, 0.1) is 18.6 Å². The fraction of sp³-hybridized carbons (Fsp3) is 0.200. The molecule has 0 saturated heterocycles. The second kappa shape index (κ2) is 6.02. The van der Waals surface area contributed by atoms with Gasteiger partial charge in [0.25, 0.3) is 0 Å². The van der Waals surface area contributed by atoms with Crippen LogP contribution in [0.15, 0.2) is 40.9 Å². The van der Waals surface area contributed by atoms with Crippen molar-refractivity contribution < 1.29 is 8.78 Å². The monoisotopic (exact) mass is 344 g/mol. The average Bonchev–Trinajstić information content (AvgIpc) is 2.36. The minimum atomic E-state index is -0.843. The van der Waals surface area contributed by atoms with E-state index in [0.717, 1.165) is 21.7 Å². The van der Waals surface area contributed by atoms with Gasteiger partial charge in [-0.25, -0.2) is 8.78 Å². The van der Waals surface area contributed by atoms with Crippen LogP contribution in [0.3, 0.4) is 0 Å². The quantitative estimate of drug-likeness (QED) is 0.639. The first-order valence-electron chi connectivity index (χ1n) is 5.81. The molecule has 0 fully saturated rings. The van der Waals surface area contributed by atoms with Crippen molar-refractivity contribution in [3.05, 3.63) is 69.2 Å². The van der Waals surface area contributed by atoms with Crippen LogP contribution in [0.2, 0.25) is 0 Å². The molecule has 2 aromatic carbocycles. The van der Waals surface area contributed by atoms with E-state index in [1.54, 1.807) is 6.07 Å². The van der Waals surface area contributed by atoms with E-state index >= 15 is 0 Å². The first-order valence-corrected chi connectivity index (χ1v) is 7.04. The van der Waals surface area contributed by atoms with E-state index in [-0.39, 0.29) is 5.38 Å².